The van der Waals surface area contributed by atoms with E-state index in [0.717, 1.165) is 24.1 Å². The normalized spacial score (nSPS) is 21.6. The molecule has 2 aliphatic rings. The van der Waals surface area contributed by atoms with Gasteiger partial charge in [-0.25, -0.2) is 13.1 Å². The summed E-state index contributed by atoms with van der Waals surface area (Å²) in [5.41, 5.74) is 1.30. The lowest BCUT2D eigenvalue weighted by Crippen LogP contribution is -2.35. The molecule has 6 nitrogen and oxygen atoms in total. The minimum atomic E-state index is -3.53. The van der Waals surface area contributed by atoms with Crippen molar-refractivity contribution in [1.29, 1.82) is 0 Å². The first-order valence-electron chi connectivity index (χ1n) is 6.71. The zero-order valence-corrected chi connectivity index (χ0v) is 12.1. The summed E-state index contributed by atoms with van der Waals surface area (Å²) in [4.78, 5) is 0. The molecule has 0 atom stereocenters. The molecule has 0 radical (unpaired) electrons. The van der Waals surface area contributed by atoms with Crippen LogP contribution in [0.5, 0.6) is 0 Å². The van der Waals surface area contributed by atoms with Gasteiger partial charge >= 0.3 is 0 Å². The van der Waals surface area contributed by atoms with Crippen LogP contribution in [0, 0.1) is 6.92 Å². The van der Waals surface area contributed by atoms with E-state index in [9.17, 15) is 8.42 Å². The summed E-state index contributed by atoms with van der Waals surface area (Å²) in [6, 6.07) is 0.541. The Morgan fingerprint density at radius 1 is 1.42 bits per heavy atom. The third kappa shape index (κ3) is 2.82. The second kappa shape index (κ2) is 4.29. The lowest BCUT2D eigenvalue weighted by molar-refractivity contribution is 0.551. The van der Waals surface area contributed by atoms with Crippen molar-refractivity contribution in [3.63, 3.8) is 0 Å². The number of aryl methyl sites for hydroxylation is 1. The highest BCUT2D eigenvalue weighted by molar-refractivity contribution is 7.89. The van der Waals surface area contributed by atoms with E-state index in [1.807, 2.05) is 13.8 Å². The molecule has 0 bridgehead atoms. The minimum absolute atomic E-state index is 0.145. The highest BCUT2D eigenvalue weighted by Crippen LogP contribution is 2.36. The molecule has 0 unspecified atom stereocenters. The van der Waals surface area contributed by atoms with Gasteiger partial charge in [0, 0.05) is 29.4 Å². The van der Waals surface area contributed by atoms with E-state index in [2.05, 4.69) is 20.2 Å². The Morgan fingerprint density at radius 2 is 2.11 bits per heavy atom. The molecule has 2 saturated carbocycles. The number of H-pyrrole nitrogens is 1. The Hall–Kier alpha value is -0.920. The van der Waals surface area contributed by atoms with Gasteiger partial charge in [-0.15, -0.1) is 0 Å². The van der Waals surface area contributed by atoms with Crippen molar-refractivity contribution in [2.75, 3.05) is 0 Å². The van der Waals surface area contributed by atoms with Gasteiger partial charge in [0.25, 0.3) is 10.0 Å². The number of nitrogens with zero attached hydrogens (tertiary/aromatic N) is 1. The second-order valence-electron chi connectivity index (χ2n) is 5.95. The van der Waals surface area contributed by atoms with E-state index in [1.54, 1.807) is 0 Å². The average Bonchev–Trinajstić information content (AvgIpc) is 3.21. The Labute approximate surface area is 113 Å². The van der Waals surface area contributed by atoms with Crippen LogP contribution in [0.1, 0.15) is 43.9 Å². The third-order valence-electron chi connectivity index (χ3n) is 3.82. The van der Waals surface area contributed by atoms with Crippen molar-refractivity contribution in [2.24, 2.45) is 0 Å². The highest BCUT2D eigenvalue weighted by atomic mass is 32.2. The van der Waals surface area contributed by atoms with Crippen molar-refractivity contribution < 1.29 is 8.42 Å². The number of aromatic nitrogens is 2. The first-order valence-corrected chi connectivity index (χ1v) is 8.19. The monoisotopic (exact) mass is 284 g/mol. The number of hydrogen-bond donors (Lipinski definition) is 3. The first-order chi connectivity index (χ1) is 8.90. The standard InChI is InChI=1S/C12H20N4O2S/c1-8-10(7-13-9-3-4-9)11(15-14-8)19(17,18)16-12(2)5-6-12/h9,13,16H,3-7H2,1-2H3,(H,14,15). The topological polar surface area (TPSA) is 86.9 Å². The molecule has 3 rings (SSSR count). The van der Waals surface area contributed by atoms with Crippen LogP contribution in [0.15, 0.2) is 5.03 Å². The van der Waals surface area contributed by atoms with Gasteiger partial charge in [0.05, 0.1) is 0 Å². The lowest BCUT2D eigenvalue weighted by atomic mass is 10.2. The Balaban J connectivity index is 1.82. The van der Waals surface area contributed by atoms with Crippen LogP contribution < -0.4 is 10.0 Å². The van der Waals surface area contributed by atoms with E-state index in [1.165, 1.54) is 12.8 Å². The molecule has 7 heteroatoms. The summed E-state index contributed by atoms with van der Waals surface area (Å²) in [5.74, 6) is 0. The van der Waals surface area contributed by atoms with Gasteiger partial charge in [0.1, 0.15) is 0 Å². The molecule has 0 spiro atoms. The van der Waals surface area contributed by atoms with Gasteiger partial charge in [0.15, 0.2) is 5.03 Å². The Kier molecular flexibility index (Phi) is 2.95. The minimum Gasteiger partial charge on any atom is -0.310 e. The van der Waals surface area contributed by atoms with E-state index in [0.29, 0.717) is 12.6 Å². The van der Waals surface area contributed by atoms with E-state index in [4.69, 9.17) is 0 Å². The van der Waals surface area contributed by atoms with Crippen molar-refractivity contribution in [3.05, 3.63) is 11.3 Å². The van der Waals surface area contributed by atoms with Gasteiger partial charge in [-0.3, -0.25) is 5.10 Å². The molecule has 0 saturated heterocycles. The molecule has 0 aliphatic heterocycles. The maximum Gasteiger partial charge on any atom is 0.260 e. The summed E-state index contributed by atoms with van der Waals surface area (Å²) in [7, 11) is -3.53. The van der Waals surface area contributed by atoms with Crippen LogP contribution in [0.25, 0.3) is 0 Å². The largest absolute Gasteiger partial charge is 0.310 e. The first kappa shape index (κ1) is 13.1. The number of hydrogen-bond acceptors (Lipinski definition) is 4. The number of sulfonamides is 1. The smallest absolute Gasteiger partial charge is 0.260 e. The van der Waals surface area contributed by atoms with Crippen LogP contribution in [-0.2, 0) is 16.6 Å². The number of aromatic amines is 1. The molecule has 1 aromatic heterocycles. The fourth-order valence-corrected chi connectivity index (χ4v) is 3.72. The second-order valence-corrected chi connectivity index (χ2v) is 7.55. The van der Waals surface area contributed by atoms with Crippen LogP contribution in [-0.4, -0.2) is 30.2 Å². The lowest BCUT2D eigenvalue weighted by Gasteiger charge is -2.12. The molecule has 3 N–H and O–H groups in total. The van der Waals surface area contributed by atoms with Gasteiger partial charge in [-0.2, -0.15) is 5.10 Å². The van der Waals surface area contributed by atoms with Gasteiger partial charge in [0.2, 0.25) is 0 Å². The molecular weight excluding hydrogens is 264 g/mol. The van der Waals surface area contributed by atoms with Crippen LogP contribution in [0.4, 0.5) is 0 Å². The quantitative estimate of drug-likeness (QED) is 0.721. The van der Waals surface area contributed by atoms with Crippen LogP contribution in [0.3, 0.4) is 0 Å². The molecule has 0 amide bonds. The highest BCUT2D eigenvalue weighted by Gasteiger charge is 2.42. The van der Waals surface area contributed by atoms with Crippen molar-refractivity contribution in [3.8, 4) is 0 Å². The van der Waals surface area contributed by atoms with Crippen LogP contribution in [0.2, 0.25) is 0 Å². The molecule has 2 fully saturated rings. The Morgan fingerprint density at radius 3 is 2.68 bits per heavy atom. The maximum atomic E-state index is 12.4. The third-order valence-corrected chi connectivity index (χ3v) is 5.42. The predicted octanol–water partition coefficient (Wildman–Crippen LogP) is 0.801. The van der Waals surface area contributed by atoms with Crippen molar-refractivity contribution in [1.82, 2.24) is 20.2 Å². The zero-order chi connectivity index (χ0) is 13.7. The molecule has 2 aliphatic carbocycles. The van der Waals surface area contributed by atoms with Gasteiger partial charge in [-0.1, -0.05) is 0 Å². The summed E-state index contributed by atoms with van der Waals surface area (Å²) in [6.07, 6.45) is 4.14. The predicted molar refractivity (Wildman–Crippen MR) is 71.1 cm³/mol. The number of rotatable bonds is 6. The Bertz CT molecular complexity index is 585. The van der Waals surface area contributed by atoms with Crippen molar-refractivity contribution in [2.45, 2.75) is 62.7 Å². The van der Waals surface area contributed by atoms with Crippen LogP contribution >= 0.6 is 0 Å². The summed E-state index contributed by atoms with van der Waals surface area (Å²) in [6.45, 7) is 4.33. The SMILES string of the molecule is Cc1[nH]nc(S(=O)(=O)NC2(C)CC2)c1CNC1CC1. The van der Waals surface area contributed by atoms with E-state index in [-0.39, 0.29) is 10.6 Å². The fraction of sp³-hybridized carbons (Fsp3) is 0.750. The maximum absolute atomic E-state index is 12.4. The molecule has 1 aromatic rings. The molecular formula is C12H20N4O2S. The molecule has 19 heavy (non-hydrogen) atoms. The number of nitrogens with one attached hydrogen (secondary N) is 3. The average molecular weight is 284 g/mol. The molecule has 106 valence electrons. The van der Waals surface area contributed by atoms with E-state index >= 15 is 0 Å². The molecule has 1 heterocycles. The summed E-state index contributed by atoms with van der Waals surface area (Å²) in [5, 5.41) is 10.2. The van der Waals surface area contributed by atoms with Crippen molar-refractivity contribution >= 4 is 10.0 Å². The van der Waals surface area contributed by atoms with E-state index < -0.39 is 10.0 Å². The molecule has 0 aromatic carbocycles. The van der Waals surface area contributed by atoms with Gasteiger partial charge < -0.3 is 5.32 Å². The zero-order valence-electron chi connectivity index (χ0n) is 11.3. The fourth-order valence-electron chi connectivity index (χ4n) is 2.06. The summed E-state index contributed by atoms with van der Waals surface area (Å²) < 4.78 is 27.5. The summed E-state index contributed by atoms with van der Waals surface area (Å²) >= 11 is 0. The van der Waals surface area contributed by atoms with Gasteiger partial charge in [-0.05, 0) is 39.5 Å².